The van der Waals surface area contributed by atoms with E-state index in [-0.39, 0.29) is 23.4 Å². The van der Waals surface area contributed by atoms with Crippen molar-refractivity contribution in [3.8, 4) is 0 Å². The molecule has 0 spiro atoms. The van der Waals surface area contributed by atoms with Crippen molar-refractivity contribution in [2.45, 2.75) is 52.3 Å². The SMILES string of the molecule is Cc1csc2c1c(=O)n(C(C)C)c(=O)n2CC1CCCO1. The second-order valence-electron chi connectivity index (χ2n) is 5.90. The molecular formula is C15H20N2O3S. The lowest BCUT2D eigenvalue weighted by molar-refractivity contribution is 0.0965. The van der Waals surface area contributed by atoms with Crippen LogP contribution >= 0.6 is 11.3 Å². The van der Waals surface area contributed by atoms with Crippen molar-refractivity contribution in [3.05, 3.63) is 31.8 Å². The minimum absolute atomic E-state index is 0.0754. The molecule has 0 amide bonds. The van der Waals surface area contributed by atoms with Gasteiger partial charge < -0.3 is 4.74 Å². The number of ether oxygens (including phenoxy) is 1. The Morgan fingerprint density at radius 1 is 1.43 bits per heavy atom. The topological polar surface area (TPSA) is 53.2 Å². The first-order chi connectivity index (χ1) is 10.0. The van der Waals surface area contributed by atoms with E-state index in [1.54, 1.807) is 4.57 Å². The molecule has 2 aromatic rings. The number of aromatic nitrogens is 2. The summed E-state index contributed by atoms with van der Waals surface area (Å²) in [6, 6.07) is -0.149. The third kappa shape index (κ3) is 2.36. The summed E-state index contributed by atoms with van der Waals surface area (Å²) in [7, 11) is 0. The Balaban J connectivity index is 2.26. The van der Waals surface area contributed by atoms with Crippen LogP contribution in [0, 0.1) is 6.92 Å². The molecule has 0 saturated carbocycles. The summed E-state index contributed by atoms with van der Waals surface area (Å²) < 4.78 is 8.74. The maximum absolute atomic E-state index is 12.7. The lowest BCUT2D eigenvalue weighted by atomic mass is 10.2. The van der Waals surface area contributed by atoms with Gasteiger partial charge in [-0.2, -0.15) is 0 Å². The third-order valence-corrected chi connectivity index (χ3v) is 5.12. The molecule has 0 N–H and O–H groups in total. The van der Waals surface area contributed by atoms with Crippen LogP contribution in [0.4, 0.5) is 0 Å². The van der Waals surface area contributed by atoms with Crippen LogP contribution in [0.5, 0.6) is 0 Å². The van der Waals surface area contributed by atoms with Crippen molar-refractivity contribution in [2.24, 2.45) is 0 Å². The van der Waals surface area contributed by atoms with Gasteiger partial charge in [-0.3, -0.25) is 13.9 Å². The molecule has 3 heterocycles. The van der Waals surface area contributed by atoms with Crippen LogP contribution in [-0.4, -0.2) is 21.8 Å². The van der Waals surface area contributed by atoms with Crippen molar-refractivity contribution in [1.82, 2.24) is 9.13 Å². The van der Waals surface area contributed by atoms with Gasteiger partial charge in [0.05, 0.1) is 18.0 Å². The Kier molecular flexibility index (Phi) is 3.75. The van der Waals surface area contributed by atoms with Crippen LogP contribution in [0.1, 0.15) is 38.3 Å². The van der Waals surface area contributed by atoms with E-state index in [0.717, 1.165) is 29.8 Å². The highest BCUT2D eigenvalue weighted by molar-refractivity contribution is 7.17. The highest BCUT2D eigenvalue weighted by atomic mass is 32.1. The summed E-state index contributed by atoms with van der Waals surface area (Å²) >= 11 is 1.47. The molecule has 1 aliphatic rings. The van der Waals surface area contributed by atoms with Crippen LogP contribution in [-0.2, 0) is 11.3 Å². The minimum atomic E-state index is -0.222. The quantitative estimate of drug-likeness (QED) is 0.874. The van der Waals surface area contributed by atoms with Crippen LogP contribution in [0.2, 0.25) is 0 Å². The van der Waals surface area contributed by atoms with E-state index >= 15 is 0 Å². The molecule has 21 heavy (non-hydrogen) atoms. The van der Waals surface area contributed by atoms with E-state index < -0.39 is 0 Å². The fraction of sp³-hybridized carbons (Fsp3) is 0.600. The lowest BCUT2D eigenvalue weighted by Gasteiger charge is -2.17. The van der Waals surface area contributed by atoms with Gasteiger partial charge in [0.25, 0.3) is 5.56 Å². The van der Waals surface area contributed by atoms with Crippen molar-refractivity contribution in [3.63, 3.8) is 0 Å². The van der Waals surface area contributed by atoms with Crippen molar-refractivity contribution < 1.29 is 4.74 Å². The van der Waals surface area contributed by atoms with Gasteiger partial charge in [0.15, 0.2) is 0 Å². The molecule has 1 atom stereocenters. The Morgan fingerprint density at radius 2 is 2.19 bits per heavy atom. The summed E-state index contributed by atoms with van der Waals surface area (Å²) in [6.45, 7) is 6.95. The Morgan fingerprint density at radius 3 is 2.81 bits per heavy atom. The second-order valence-corrected chi connectivity index (χ2v) is 6.75. The molecular weight excluding hydrogens is 288 g/mol. The van der Waals surface area contributed by atoms with E-state index in [1.165, 1.54) is 15.9 Å². The first-order valence-electron chi connectivity index (χ1n) is 7.35. The monoisotopic (exact) mass is 308 g/mol. The predicted octanol–water partition coefficient (Wildman–Crippen LogP) is 2.29. The lowest BCUT2D eigenvalue weighted by Crippen LogP contribution is -2.42. The molecule has 1 saturated heterocycles. The van der Waals surface area contributed by atoms with Gasteiger partial charge in [-0.05, 0) is 44.6 Å². The highest BCUT2D eigenvalue weighted by Gasteiger charge is 2.22. The molecule has 6 heteroatoms. The smallest absolute Gasteiger partial charge is 0.332 e. The third-order valence-electron chi connectivity index (χ3n) is 4.00. The van der Waals surface area contributed by atoms with Crippen molar-refractivity contribution in [2.75, 3.05) is 6.61 Å². The number of aryl methyl sites for hydroxylation is 1. The first kappa shape index (κ1) is 14.5. The molecule has 1 fully saturated rings. The summed E-state index contributed by atoms with van der Waals surface area (Å²) in [6.07, 6.45) is 2.08. The summed E-state index contributed by atoms with van der Waals surface area (Å²) in [5.74, 6) is 0. The summed E-state index contributed by atoms with van der Waals surface area (Å²) in [5.41, 5.74) is 0.544. The first-order valence-corrected chi connectivity index (χ1v) is 8.23. The van der Waals surface area contributed by atoms with Crippen molar-refractivity contribution in [1.29, 1.82) is 0 Å². The van der Waals surface area contributed by atoms with E-state index in [4.69, 9.17) is 4.74 Å². The molecule has 0 bridgehead atoms. The number of rotatable bonds is 3. The van der Waals surface area contributed by atoms with Crippen LogP contribution in [0.3, 0.4) is 0 Å². The summed E-state index contributed by atoms with van der Waals surface area (Å²) in [4.78, 5) is 26.1. The number of fused-ring (bicyclic) bond motifs is 1. The molecule has 114 valence electrons. The molecule has 0 aliphatic carbocycles. The van der Waals surface area contributed by atoms with Gasteiger partial charge in [-0.25, -0.2) is 4.79 Å². The number of hydrogen-bond donors (Lipinski definition) is 0. The molecule has 1 unspecified atom stereocenters. The van der Waals surface area contributed by atoms with Crippen LogP contribution in [0.25, 0.3) is 10.2 Å². The molecule has 5 nitrogen and oxygen atoms in total. The van der Waals surface area contributed by atoms with Gasteiger partial charge in [-0.1, -0.05) is 0 Å². The maximum atomic E-state index is 12.7. The van der Waals surface area contributed by atoms with Gasteiger partial charge in [0.1, 0.15) is 4.83 Å². The molecule has 3 rings (SSSR count). The predicted molar refractivity (Wildman–Crippen MR) is 84.4 cm³/mol. The normalized spacial score (nSPS) is 19.0. The Hall–Kier alpha value is -1.40. The standard InChI is InChI=1S/C15H20N2O3S/c1-9(2)17-13(18)12-10(3)8-21-14(12)16(15(17)19)7-11-5-4-6-20-11/h8-9,11H,4-7H2,1-3H3. The minimum Gasteiger partial charge on any atom is -0.376 e. The Labute approximate surface area is 126 Å². The zero-order valence-electron chi connectivity index (χ0n) is 12.6. The number of nitrogens with zero attached hydrogens (tertiary/aromatic N) is 2. The molecule has 0 radical (unpaired) electrons. The van der Waals surface area contributed by atoms with Gasteiger partial charge in [0.2, 0.25) is 0 Å². The van der Waals surface area contributed by atoms with Gasteiger partial charge in [0, 0.05) is 12.6 Å². The van der Waals surface area contributed by atoms with E-state index in [9.17, 15) is 9.59 Å². The van der Waals surface area contributed by atoms with Crippen molar-refractivity contribution >= 4 is 21.6 Å². The van der Waals surface area contributed by atoms with Crippen LogP contribution < -0.4 is 11.2 Å². The number of hydrogen-bond acceptors (Lipinski definition) is 4. The largest absolute Gasteiger partial charge is 0.376 e. The average Bonchev–Trinajstić information content (AvgIpc) is 3.04. The average molecular weight is 308 g/mol. The van der Waals surface area contributed by atoms with E-state index in [2.05, 4.69) is 0 Å². The fourth-order valence-electron chi connectivity index (χ4n) is 2.92. The van der Waals surface area contributed by atoms with E-state index in [1.807, 2.05) is 26.2 Å². The van der Waals surface area contributed by atoms with Gasteiger partial charge in [-0.15, -0.1) is 11.3 Å². The van der Waals surface area contributed by atoms with Crippen LogP contribution in [0.15, 0.2) is 15.0 Å². The fourth-order valence-corrected chi connectivity index (χ4v) is 3.97. The van der Waals surface area contributed by atoms with Gasteiger partial charge >= 0.3 is 5.69 Å². The second kappa shape index (κ2) is 5.42. The molecule has 0 aromatic carbocycles. The van der Waals surface area contributed by atoms with E-state index in [0.29, 0.717) is 11.9 Å². The zero-order valence-corrected chi connectivity index (χ0v) is 13.4. The maximum Gasteiger partial charge on any atom is 0.332 e. The molecule has 1 aliphatic heterocycles. The number of thiophene rings is 1. The Bertz CT molecular complexity index is 779. The highest BCUT2D eigenvalue weighted by Crippen LogP contribution is 2.23. The molecule has 2 aromatic heterocycles. The zero-order chi connectivity index (χ0) is 15.1. The summed E-state index contributed by atoms with van der Waals surface area (Å²) in [5, 5.41) is 2.62.